The molecule has 0 bridgehead atoms. The minimum Gasteiger partial charge on any atom is -0.374 e. The molecule has 0 saturated heterocycles. The molecule has 1 aromatic rings. The second kappa shape index (κ2) is 5.64. The van der Waals surface area contributed by atoms with Gasteiger partial charge >= 0.3 is 0 Å². The predicted molar refractivity (Wildman–Crippen MR) is 69.4 cm³/mol. The quantitative estimate of drug-likeness (QED) is 0.647. The molecule has 19 heavy (non-hydrogen) atoms. The van der Waals surface area contributed by atoms with Crippen molar-refractivity contribution in [1.82, 2.24) is 5.32 Å². The van der Waals surface area contributed by atoms with E-state index < -0.39 is 10.7 Å². The molecular formula is C12H16FN3O3. The van der Waals surface area contributed by atoms with Crippen LogP contribution in [0.5, 0.6) is 0 Å². The normalized spacial score (nSPS) is 10.9. The van der Waals surface area contributed by atoms with Crippen molar-refractivity contribution < 1.29 is 14.1 Å². The highest BCUT2D eigenvalue weighted by atomic mass is 19.1. The van der Waals surface area contributed by atoms with Crippen molar-refractivity contribution in [2.75, 3.05) is 11.9 Å². The summed E-state index contributed by atoms with van der Waals surface area (Å²) in [4.78, 5) is 21.3. The lowest BCUT2D eigenvalue weighted by Gasteiger charge is -2.20. The topological polar surface area (TPSA) is 84.3 Å². The van der Waals surface area contributed by atoms with Crippen molar-refractivity contribution in [3.8, 4) is 0 Å². The van der Waals surface area contributed by atoms with Crippen molar-refractivity contribution >= 4 is 17.3 Å². The number of nitro groups is 1. The van der Waals surface area contributed by atoms with Gasteiger partial charge in [0.1, 0.15) is 0 Å². The van der Waals surface area contributed by atoms with Crippen molar-refractivity contribution in [1.29, 1.82) is 0 Å². The van der Waals surface area contributed by atoms with Crippen molar-refractivity contribution in [2.24, 2.45) is 0 Å². The van der Waals surface area contributed by atoms with Crippen LogP contribution in [-0.2, 0) is 4.79 Å². The smallest absolute Gasteiger partial charge is 0.272 e. The summed E-state index contributed by atoms with van der Waals surface area (Å²) in [6.07, 6.45) is 0. The minimum atomic E-state index is -0.766. The molecule has 0 spiro atoms. The number of hydrogen-bond donors (Lipinski definition) is 2. The number of benzene rings is 1. The Morgan fingerprint density at radius 2 is 2.05 bits per heavy atom. The highest BCUT2D eigenvalue weighted by Gasteiger charge is 2.15. The lowest BCUT2D eigenvalue weighted by Crippen LogP contribution is -2.43. The number of carbonyl (C=O) groups is 1. The summed E-state index contributed by atoms with van der Waals surface area (Å²) in [5, 5.41) is 15.7. The molecule has 1 aromatic carbocycles. The van der Waals surface area contributed by atoms with Gasteiger partial charge in [0.2, 0.25) is 5.91 Å². The maximum Gasteiger partial charge on any atom is 0.272 e. The van der Waals surface area contributed by atoms with Gasteiger partial charge in [0, 0.05) is 11.6 Å². The average molecular weight is 269 g/mol. The van der Waals surface area contributed by atoms with Crippen LogP contribution in [0.3, 0.4) is 0 Å². The Bertz CT molecular complexity index is 497. The summed E-state index contributed by atoms with van der Waals surface area (Å²) in [6.45, 7) is 5.39. The van der Waals surface area contributed by atoms with Crippen LogP contribution in [-0.4, -0.2) is 22.9 Å². The van der Waals surface area contributed by atoms with E-state index in [0.717, 1.165) is 6.07 Å². The fraction of sp³-hybridized carbons (Fsp3) is 0.417. The number of halogens is 1. The van der Waals surface area contributed by atoms with Gasteiger partial charge in [-0.25, -0.2) is 4.39 Å². The minimum absolute atomic E-state index is 0.0506. The van der Waals surface area contributed by atoms with Gasteiger partial charge in [-0.05, 0) is 26.8 Å². The molecule has 0 aliphatic carbocycles. The summed E-state index contributed by atoms with van der Waals surface area (Å²) in [5.41, 5.74) is -0.649. The van der Waals surface area contributed by atoms with Gasteiger partial charge in [-0.1, -0.05) is 0 Å². The number of carbonyl (C=O) groups excluding carboxylic acids is 1. The van der Waals surface area contributed by atoms with Crippen LogP contribution < -0.4 is 10.6 Å². The lowest BCUT2D eigenvalue weighted by molar-refractivity contribution is -0.385. The summed E-state index contributed by atoms with van der Waals surface area (Å²) in [6, 6.07) is 3.22. The SMILES string of the molecule is CC(C)(C)NC(=O)CNc1ccc([N+](=O)[O-])cc1F. The Morgan fingerprint density at radius 3 is 2.53 bits per heavy atom. The third-order valence-electron chi connectivity index (χ3n) is 2.12. The van der Waals surface area contributed by atoms with E-state index in [4.69, 9.17) is 0 Å². The predicted octanol–water partition coefficient (Wildman–Crippen LogP) is 2.06. The molecule has 0 aliphatic rings. The molecule has 0 atom stereocenters. The zero-order valence-corrected chi connectivity index (χ0v) is 11.0. The number of hydrogen-bond acceptors (Lipinski definition) is 4. The Hall–Kier alpha value is -2.18. The fourth-order valence-corrected chi connectivity index (χ4v) is 1.40. The van der Waals surface area contributed by atoms with E-state index >= 15 is 0 Å². The standard InChI is InChI=1S/C12H16FN3O3/c1-12(2,3)15-11(17)7-14-10-5-4-8(16(18)19)6-9(10)13/h4-6,14H,7H2,1-3H3,(H,15,17). The third kappa shape index (κ3) is 4.90. The number of rotatable bonds is 4. The Labute approximate surface area is 110 Å². The summed E-state index contributed by atoms with van der Waals surface area (Å²) < 4.78 is 13.5. The molecule has 0 unspecified atom stereocenters. The second-order valence-electron chi connectivity index (χ2n) is 5.07. The van der Waals surface area contributed by atoms with E-state index in [0.29, 0.717) is 0 Å². The molecule has 0 aromatic heterocycles. The zero-order chi connectivity index (χ0) is 14.6. The first-order valence-electron chi connectivity index (χ1n) is 5.68. The van der Waals surface area contributed by atoms with Gasteiger partial charge in [-0.2, -0.15) is 0 Å². The number of non-ortho nitro benzene ring substituents is 1. The first-order valence-corrected chi connectivity index (χ1v) is 5.68. The molecule has 0 radical (unpaired) electrons. The maximum absolute atomic E-state index is 13.5. The molecular weight excluding hydrogens is 253 g/mol. The van der Waals surface area contributed by atoms with E-state index in [2.05, 4.69) is 10.6 Å². The van der Waals surface area contributed by atoms with Crippen LogP contribution in [0.15, 0.2) is 18.2 Å². The first kappa shape index (κ1) is 14.9. The first-order chi connectivity index (χ1) is 8.69. The molecule has 0 heterocycles. The second-order valence-corrected chi connectivity index (χ2v) is 5.07. The molecule has 6 nitrogen and oxygen atoms in total. The Morgan fingerprint density at radius 1 is 1.42 bits per heavy atom. The zero-order valence-electron chi connectivity index (χ0n) is 11.0. The number of anilines is 1. The molecule has 7 heteroatoms. The van der Waals surface area contributed by atoms with E-state index in [9.17, 15) is 19.3 Å². The average Bonchev–Trinajstić information content (AvgIpc) is 2.24. The molecule has 0 saturated carbocycles. The summed E-state index contributed by atoms with van der Waals surface area (Å²) in [7, 11) is 0. The van der Waals surface area contributed by atoms with Crippen LogP contribution in [0.2, 0.25) is 0 Å². The summed E-state index contributed by atoms with van der Waals surface area (Å²) >= 11 is 0. The molecule has 104 valence electrons. The van der Waals surface area contributed by atoms with Crippen molar-refractivity contribution in [3.63, 3.8) is 0 Å². The van der Waals surface area contributed by atoms with Gasteiger partial charge in [-0.15, -0.1) is 0 Å². The third-order valence-corrected chi connectivity index (χ3v) is 2.12. The van der Waals surface area contributed by atoms with Gasteiger partial charge in [0.25, 0.3) is 5.69 Å². The van der Waals surface area contributed by atoms with Gasteiger partial charge in [0.15, 0.2) is 5.82 Å². The van der Waals surface area contributed by atoms with Gasteiger partial charge < -0.3 is 10.6 Å². The van der Waals surface area contributed by atoms with E-state index in [1.54, 1.807) is 0 Å². The molecule has 0 aliphatic heterocycles. The van der Waals surface area contributed by atoms with Crippen LogP contribution in [0.4, 0.5) is 15.8 Å². The van der Waals surface area contributed by atoms with Crippen LogP contribution in [0, 0.1) is 15.9 Å². The Balaban J connectivity index is 2.64. The highest BCUT2D eigenvalue weighted by Crippen LogP contribution is 2.20. The molecule has 1 amide bonds. The number of amides is 1. The highest BCUT2D eigenvalue weighted by molar-refractivity contribution is 5.81. The van der Waals surface area contributed by atoms with E-state index in [1.165, 1.54) is 12.1 Å². The lowest BCUT2D eigenvalue weighted by atomic mass is 10.1. The van der Waals surface area contributed by atoms with Crippen molar-refractivity contribution in [3.05, 3.63) is 34.1 Å². The number of nitrogens with zero attached hydrogens (tertiary/aromatic N) is 1. The molecule has 1 rings (SSSR count). The molecule has 2 N–H and O–H groups in total. The van der Waals surface area contributed by atoms with Crippen LogP contribution >= 0.6 is 0 Å². The van der Waals surface area contributed by atoms with Crippen LogP contribution in [0.1, 0.15) is 20.8 Å². The van der Waals surface area contributed by atoms with Gasteiger partial charge in [-0.3, -0.25) is 14.9 Å². The fourth-order valence-electron chi connectivity index (χ4n) is 1.40. The van der Waals surface area contributed by atoms with Crippen molar-refractivity contribution in [2.45, 2.75) is 26.3 Å². The number of nitrogens with one attached hydrogen (secondary N) is 2. The van der Waals surface area contributed by atoms with Gasteiger partial charge in [0.05, 0.1) is 23.2 Å². The Kier molecular flexibility index (Phi) is 4.42. The van der Waals surface area contributed by atoms with E-state index in [-0.39, 0.29) is 29.4 Å². The van der Waals surface area contributed by atoms with Crippen LogP contribution in [0.25, 0.3) is 0 Å². The monoisotopic (exact) mass is 269 g/mol. The maximum atomic E-state index is 13.5. The largest absolute Gasteiger partial charge is 0.374 e. The summed E-state index contributed by atoms with van der Waals surface area (Å²) in [5.74, 6) is -1.05. The van der Waals surface area contributed by atoms with E-state index in [1.807, 2.05) is 20.8 Å². The molecule has 0 fully saturated rings. The number of nitro benzene ring substituents is 1.